The lowest BCUT2D eigenvalue weighted by Gasteiger charge is -1.92. The van der Waals surface area contributed by atoms with E-state index in [1.807, 2.05) is 0 Å². The number of aromatic nitrogens is 2. The normalized spacial score (nSPS) is 11.5. The molecule has 0 saturated carbocycles. The quantitative estimate of drug-likeness (QED) is 0.351. The molecule has 0 radical (unpaired) electrons. The van der Waals surface area contributed by atoms with Crippen LogP contribution in [-0.4, -0.2) is 20.9 Å². The van der Waals surface area contributed by atoms with Crippen LogP contribution >= 0.6 is 0 Å². The minimum Gasteiger partial charge on any atom is -0.411 e. The van der Waals surface area contributed by atoms with Crippen molar-refractivity contribution in [3.8, 4) is 0 Å². The molecule has 0 aliphatic rings. The minimum absolute atomic E-state index is 0.488. The molecular weight excluding hydrogens is 130 g/mol. The van der Waals surface area contributed by atoms with Gasteiger partial charge in [-0.3, -0.25) is 0 Å². The molecule has 52 valence electrons. The molecule has 4 heteroatoms. The van der Waals surface area contributed by atoms with E-state index in [4.69, 9.17) is 5.21 Å². The Morgan fingerprint density at radius 3 is 3.00 bits per heavy atom. The fourth-order valence-electron chi connectivity index (χ4n) is 0.556. The van der Waals surface area contributed by atoms with Gasteiger partial charge < -0.3 is 5.21 Å². The zero-order chi connectivity index (χ0) is 7.40. The molecule has 0 saturated heterocycles. The molecule has 0 amide bonds. The summed E-state index contributed by atoms with van der Waals surface area (Å²) in [5.41, 5.74) is 1.12. The first-order chi connectivity index (χ1) is 4.84. The van der Waals surface area contributed by atoms with Gasteiger partial charge in [-0.1, -0.05) is 5.16 Å². The number of hydrogen-bond acceptors (Lipinski definition) is 4. The highest BCUT2D eigenvalue weighted by molar-refractivity contribution is 5.96. The Morgan fingerprint density at radius 2 is 2.50 bits per heavy atom. The molecule has 0 aliphatic heterocycles. The van der Waals surface area contributed by atoms with E-state index in [9.17, 15) is 0 Å². The van der Waals surface area contributed by atoms with Crippen LogP contribution in [0.3, 0.4) is 0 Å². The standard InChI is InChI=1S/C6H7N3O/c1-5(9-10)6-2-3-7-4-8-6/h2-4,10H,1H3/b9-5-. The second-order valence-electron chi connectivity index (χ2n) is 1.78. The summed E-state index contributed by atoms with van der Waals surface area (Å²) in [5, 5.41) is 11.3. The minimum atomic E-state index is 0.488. The molecule has 0 aliphatic carbocycles. The van der Waals surface area contributed by atoms with Crippen LogP contribution in [0.15, 0.2) is 23.7 Å². The van der Waals surface area contributed by atoms with E-state index in [0.29, 0.717) is 11.4 Å². The fraction of sp³-hybridized carbons (Fsp3) is 0.167. The third-order valence-corrected chi connectivity index (χ3v) is 1.10. The third-order valence-electron chi connectivity index (χ3n) is 1.10. The molecule has 0 atom stereocenters. The van der Waals surface area contributed by atoms with Crippen LogP contribution in [0.25, 0.3) is 0 Å². The Labute approximate surface area is 58.2 Å². The Kier molecular flexibility index (Phi) is 1.94. The monoisotopic (exact) mass is 137 g/mol. The van der Waals surface area contributed by atoms with Crippen LogP contribution < -0.4 is 0 Å². The summed E-state index contributed by atoms with van der Waals surface area (Å²) in [6.07, 6.45) is 3.00. The Bertz CT molecular complexity index is 232. The van der Waals surface area contributed by atoms with Crippen molar-refractivity contribution in [2.75, 3.05) is 0 Å². The Morgan fingerprint density at radius 1 is 1.70 bits per heavy atom. The maximum absolute atomic E-state index is 8.32. The molecule has 1 N–H and O–H groups in total. The van der Waals surface area contributed by atoms with Gasteiger partial charge in [0.1, 0.15) is 12.0 Å². The van der Waals surface area contributed by atoms with Crippen LogP contribution in [0.2, 0.25) is 0 Å². The summed E-state index contributed by atoms with van der Waals surface area (Å²) < 4.78 is 0. The lowest BCUT2D eigenvalue weighted by Crippen LogP contribution is -1.97. The molecule has 1 aromatic rings. The second-order valence-corrected chi connectivity index (χ2v) is 1.78. The molecule has 0 bridgehead atoms. The van der Waals surface area contributed by atoms with Crippen LogP contribution in [0, 0.1) is 0 Å². The van der Waals surface area contributed by atoms with Gasteiger partial charge in [0.05, 0.1) is 5.69 Å². The first-order valence-electron chi connectivity index (χ1n) is 2.79. The molecule has 0 spiro atoms. The van der Waals surface area contributed by atoms with Gasteiger partial charge in [-0.2, -0.15) is 0 Å². The molecule has 1 aromatic heterocycles. The van der Waals surface area contributed by atoms with Crippen molar-refractivity contribution < 1.29 is 5.21 Å². The van der Waals surface area contributed by atoms with E-state index in [2.05, 4.69) is 15.1 Å². The molecule has 1 rings (SSSR count). The van der Waals surface area contributed by atoms with Crippen molar-refractivity contribution in [1.82, 2.24) is 9.97 Å². The summed E-state index contributed by atoms with van der Waals surface area (Å²) in [6, 6.07) is 1.68. The largest absolute Gasteiger partial charge is 0.411 e. The number of rotatable bonds is 1. The topological polar surface area (TPSA) is 58.4 Å². The summed E-state index contributed by atoms with van der Waals surface area (Å²) in [6.45, 7) is 1.67. The maximum Gasteiger partial charge on any atom is 0.116 e. The van der Waals surface area contributed by atoms with Crippen molar-refractivity contribution >= 4 is 5.71 Å². The average molecular weight is 137 g/mol. The van der Waals surface area contributed by atoms with E-state index in [0.717, 1.165) is 0 Å². The molecule has 10 heavy (non-hydrogen) atoms. The van der Waals surface area contributed by atoms with E-state index in [1.165, 1.54) is 6.33 Å². The SMILES string of the molecule is C/C(=N/O)c1ccncn1. The predicted octanol–water partition coefficient (Wildman–Crippen LogP) is 0.675. The van der Waals surface area contributed by atoms with Gasteiger partial charge in [-0.15, -0.1) is 0 Å². The van der Waals surface area contributed by atoms with E-state index >= 15 is 0 Å². The van der Waals surface area contributed by atoms with Gasteiger partial charge >= 0.3 is 0 Å². The lowest BCUT2D eigenvalue weighted by atomic mass is 10.3. The molecule has 1 heterocycles. The van der Waals surface area contributed by atoms with Crippen LogP contribution in [-0.2, 0) is 0 Å². The summed E-state index contributed by atoms with van der Waals surface area (Å²) >= 11 is 0. The van der Waals surface area contributed by atoms with Gasteiger partial charge in [0.25, 0.3) is 0 Å². The lowest BCUT2D eigenvalue weighted by molar-refractivity contribution is 0.319. The zero-order valence-electron chi connectivity index (χ0n) is 5.52. The highest BCUT2D eigenvalue weighted by atomic mass is 16.4. The smallest absolute Gasteiger partial charge is 0.116 e. The summed E-state index contributed by atoms with van der Waals surface area (Å²) in [4.78, 5) is 7.56. The summed E-state index contributed by atoms with van der Waals surface area (Å²) in [5.74, 6) is 0. The van der Waals surface area contributed by atoms with Crippen LogP contribution in [0.5, 0.6) is 0 Å². The first kappa shape index (κ1) is 6.67. The molecule has 0 fully saturated rings. The highest BCUT2D eigenvalue weighted by Crippen LogP contribution is 1.92. The van der Waals surface area contributed by atoms with Gasteiger partial charge in [0.2, 0.25) is 0 Å². The highest BCUT2D eigenvalue weighted by Gasteiger charge is 1.95. The molecule has 0 aromatic carbocycles. The van der Waals surface area contributed by atoms with Crippen molar-refractivity contribution in [2.24, 2.45) is 5.16 Å². The van der Waals surface area contributed by atoms with Gasteiger partial charge in [0, 0.05) is 6.20 Å². The van der Waals surface area contributed by atoms with Gasteiger partial charge in [-0.05, 0) is 13.0 Å². The van der Waals surface area contributed by atoms with Crippen molar-refractivity contribution in [3.05, 3.63) is 24.3 Å². The Hall–Kier alpha value is -1.45. The molecule has 0 unspecified atom stereocenters. The number of hydrogen-bond donors (Lipinski definition) is 1. The zero-order valence-corrected chi connectivity index (χ0v) is 5.52. The predicted molar refractivity (Wildman–Crippen MR) is 36.0 cm³/mol. The van der Waals surface area contributed by atoms with E-state index < -0.39 is 0 Å². The maximum atomic E-state index is 8.32. The van der Waals surface area contributed by atoms with Crippen LogP contribution in [0.4, 0.5) is 0 Å². The second kappa shape index (κ2) is 2.91. The average Bonchev–Trinajstić information content (AvgIpc) is 2.05. The van der Waals surface area contributed by atoms with Crippen LogP contribution in [0.1, 0.15) is 12.6 Å². The van der Waals surface area contributed by atoms with Crippen molar-refractivity contribution in [3.63, 3.8) is 0 Å². The fourth-order valence-corrected chi connectivity index (χ4v) is 0.556. The molecular formula is C6H7N3O. The molecule has 4 nitrogen and oxygen atoms in total. The van der Waals surface area contributed by atoms with Crippen molar-refractivity contribution in [1.29, 1.82) is 0 Å². The van der Waals surface area contributed by atoms with E-state index in [-0.39, 0.29) is 0 Å². The summed E-state index contributed by atoms with van der Waals surface area (Å²) in [7, 11) is 0. The van der Waals surface area contributed by atoms with Gasteiger partial charge in [0.15, 0.2) is 0 Å². The third kappa shape index (κ3) is 1.28. The van der Waals surface area contributed by atoms with Crippen molar-refractivity contribution in [2.45, 2.75) is 6.92 Å². The number of oxime groups is 1. The number of nitrogens with zero attached hydrogens (tertiary/aromatic N) is 3. The van der Waals surface area contributed by atoms with E-state index in [1.54, 1.807) is 19.2 Å². The first-order valence-corrected chi connectivity index (χ1v) is 2.79. The van der Waals surface area contributed by atoms with Gasteiger partial charge in [-0.25, -0.2) is 9.97 Å². The Balaban J connectivity index is 2.96.